The van der Waals surface area contributed by atoms with Gasteiger partial charge in [0.05, 0.1) is 9.85 Å². The van der Waals surface area contributed by atoms with Gasteiger partial charge in [0.15, 0.2) is 0 Å². The number of nitro benzene ring substituents is 2. The zero-order valence-corrected chi connectivity index (χ0v) is 17.0. The van der Waals surface area contributed by atoms with E-state index in [9.17, 15) is 20.2 Å². The molecular formula is C21H26N4O5. The molecule has 0 N–H and O–H groups in total. The van der Waals surface area contributed by atoms with E-state index in [0.717, 1.165) is 50.3 Å². The molecule has 0 atom stereocenters. The highest BCUT2D eigenvalue weighted by Gasteiger charge is 2.15. The molecule has 0 radical (unpaired) electrons. The fraction of sp³-hybridized carbons (Fsp3) is 0.429. The number of non-ortho nitro benzene ring substituents is 2. The Bertz CT molecular complexity index is 879. The summed E-state index contributed by atoms with van der Waals surface area (Å²) >= 11 is 0. The van der Waals surface area contributed by atoms with E-state index >= 15 is 0 Å². The quantitative estimate of drug-likeness (QED) is 0.458. The maximum Gasteiger partial charge on any atom is 0.269 e. The van der Waals surface area contributed by atoms with Crippen LogP contribution in [0.15, 0.2) is 42.5 Å². The highest BCUT2D eigenvalue weighted by molar-refractivity contribution is 5.44. The summed E-state index contributed by atoms with van der Waals surface area (Å²) in [6.07, 6.45) is 1.57. The summed E-state index contributed by atoms with van der Waals surface area (Å²) in [5.74, 6) is 0.609. The highest BCUT2D eigenvalue weighted by atomic mass is 16.6. The molecule has 3 rings (SSSR count). The number of rotatable bonds is 9. The van der Waals surface area contributed by atoms with Crippen molar-refractivity contribution in [2.45, 2.75) is 19.4 Å². The molecule has 0 unspecified atom stereocenters. The number of hydrogen-bond donors (Lipinski definition) is 0. The minimum atomic E-state index is -0.445. The molecule has 1 aliphatic heterocycles. The molecule has 0 aromatic heterocycles. The Morgan fingerprint density at radius 1 is 0.933 bits per heavy atom. The van der Waals surface area contributed by atoms with Crippen LogP contribution >= 0.6 is 0 Å². The van der Waals surface area contributed by atoms with Gasteiger partial charge in [0.1, 0.15) is 12.4 Å². The number of ether oxygens (including phenoxy) is 1. The fourth-order valence-corrected chi connectivity index (χ4v) is 3.46. The number of benzene rings is 2. The van der Waals surface area contributed by atoms with E-state index in [2.05, 4.69) is 16.8 Å². The van der Waals surface area contributed by atoms with Crippen LogP contribution in [0, 0.1) is 20.2 Å². The predicted molar refractivity (Wildman–Crippen MR) is 113 cm³/mol. The molecule has 0 bridgehead atoms. The van der Waals surface area contributed by atoms with Gasteiger partial charge in [0, 0.05) is 56.0 Å². The van der Waals surface area contributed by atoms with Gasteiger partial charge in [-0.15, -0.1) is 0 Å². The van der Waals surface area contributed by atoms with Crippen molar-refractivity contribution in [1.82, 2.24) is 9.80 Å². The summed E-state index contributed by atoms with van der Waals surface area (Å²) in [5.41, 5.74) is 1.67. The van der Waals surface area contributed by atoms with E-state index in [4.69, 9.17) is 4.74 Å². The van der Waals surface area contributed by atoms with Gasteiger partial charge in [0.25, 0.3) is 11.4 Å². The van der Waals surface area contributed by atoms with Crippen LogP contribution in [0.3, 0.4) is 0 Å². The second-order valence-electron chi connectivity index (χ2n) is 7.51. The van der Waals surface area contributed by atoms with E-state index in [0.29, 0.717) is 12.2 Å². The van der Waals surface area contributed by atoms with Crippen molar-refractivity contribution in [3.05, 3.63) is 73.8 Å². The molecule has 0 spiro atoms. The van der Waals surface area contributed by atoms with Crippen molar-refractivity contribution < 1.29 is 14.6 Å². The second-order valence-corrected chi connectivity index (χ2v) is 7.51. The van der Waals surface area contributed by atoms with Gasteiger partial charge in [-0.3, -0.25) is 20.2 Å². The molecular weight excluding hydrogens is 388 g/mol. The number of nitro groups is 2. The Balaban J connectivity index is 1.62. The molecule has 2 aromatic carbocycles. The standard InChI is InChI=1S/C21H26N4O5/c1-22-11-13-23(14-12-22)10-2-3-18-15-20(25(28)29)8-9-21(18)30-16-17-4-6-19(7-5-17)24(26)27/h4-9,15H,2-3,10-14,16H2,1H3. The first-order valence-electron chi connectivity index (χ1n) is 9.97. The van der Waals surface area contributed by atoms with E-state index in [1.165, 1.54) is 18.2 Å². The topological polar surface area (TPSA) is 102 Å². The van der Waals surface area contributed by atoms with Crippen molar-refractivity contribution in [2.75, 3.05) is 39.8 Å². The molecule has 0 aliphatic carbocycles. The van der Waals surface area contributed by atoms with Crippen LogP contribution in [0.5, 0.6) is 5.75 Å². The Morgan fingerprint density at radius 2 is 1.57 bits per heavy atom. The molecule has 0 saturated carbocycles. The fourth-order valence-electron chi connectivity index (χ4n) is 3.46. The van der Waals surface area contributed by atoms with Gasteiger partial charge in [-0.2, -0.15) is 0 Å². The smallest absolute Gasteiger partial charge is 0.269 e. The Labute approximate surface area is 175 Å². The zero-order valence-electron chi connectivity index (χ0n) is 17.0. The Hall–Kier alpha value is -3.04. The van der Waals surface area contributed by atoms with Crippen molar-refractivity contribution >= 4 is 11.4 Å². The summed E-state index contributed by atoms with van der Waals surface area (Å²) in [5, 5.41) is 21.9. The van der Waals surface area contributed by atoms with Crippen LogP contribution in [-0.4, -0.2) is 59.4 Å². The molecule has 9 heteroatoms. The maximum absolute atomic E-state index is 11.2. The highest BCUT2D eigenvalue weighted by Crippen LogP contribution is 2.27. The normalized spacial score (nSPS) is 15.1. The van der Waals surface area contributed by atoms with Gasteiger partial charge in [-0.25, -0.2) is 0 Å². The number of nitrogens with zero attached hydrogens (tertiary/aromatic N) is 4. The first-order chi connectivity index (χ1) is 14.4. The van der Waals surface area contributed by atoms with Crippen molar-refractivity contribution in [2.24, 2.45) is 0 Å². The monoisotopic (exact) mass is 414 g/mol. The molecule has 160 valence electrons. The predicted octanol–water partition coefficient (Wildman–Crippen LogP) is 3.26. The van der Waals surface area contributed by atoms with Crippen LogP contribution in [0.1, 0.15) is 17.5 Å². The van der Waals surface area contributed by atoms with E-state index in [1.54, 1.807) is 24.3 Å². The third-order valence-electron chi connectivity index (χ3n) is 5.31. The number of piperazine rings is 1. The lowest BCUT2D eigenvalue weighted by molar-refractivity contribution is -0.385. The first-order valence-corrected chi connectivity index (χ1v) is 9.97. The van der Waals surface area contributed by atoms with E-state index in [1.807, 2.05) is 0 Å². The van der Waals surface area contributed by atoms with E-state index < -0.39 is 9.85 Å². The molecule has 1 aliphatic rings. The summed E-state index contributed by atoms with van der Waals surface area (Å²) in [7, 11) is 2.12. The minimum Gasteiger partial charge on any atom is -0.489 e. The van der Waals surface area contributed by atoms with Crippen molar-refractivity contribution in [1.29, 1.82) is 0 Å². The van der Waals surface area contributed by atoms with E-state index in [-0.39, 0.29) is 18.0 Å². The van der Waals surface area contributed by atoms with Gasteiger partial charge < -0.3 is 14.5 Å². The summed E-state index contributed by atoms with van der Waals surface area (Å²) in [6, 6.07) is 10.8. The first kappa shape index (κ1) is 21.7. The van der Waals surface area contributed by atoms with Crippen LogP contribution in [0.2, 0.25) is 0 Å². The van der Waals surface area contributed by atoms with Crippen LogP contribution in [0.4, 0.5) is 11.4 Å². The average Bonchev–Trinajstić information content (AvgIpc) is 2.74. The molecule has 1 saturated heterocycles. The maximum atomic E-state index is 11.2. The number of likely N-dealkylation sites (N-methyl/N-ethyl adjacent to an activating group) is 1. The Kier molecular flexibility index (Phi) is 7.31. The lowest BCUT2D eigenvalue weighted by Crippen LogP contribution is -2.44. The molecule has 1 heterocycles. The number of aryl methyl sites for hydroxylation is 1. The Morgan fingerprint density at radius 3 is 2.20 bits per heavy atom. The van der Waals surface area contributed by atoms with Crippen LogP contribution in [0.25, 0.3) is 0 Å². The summed E-state index contributed by atoms with van der Waals surface area (Å²) in [4.78, 5) is 25.8. The molecule has 30 heavy (non-hydrogen) atoms. The van der Waals surface area contributed by atoms with Crippen LogP contribution < -0.4 is 4.74 Å². The third-order valence-corrected chi connectivity index (χ3v) is 5.31. The molecule has 2 aromatic rings. The van der Waals surface area contributed by atoms with Gasteiger partial charge in [0.2, 0.25) is 0 Å². The molecule has 1 fully saturated rings. The summed E-state index contributed by atoms with van der Waals surface area (Å²) < 4.78 is 5.90. The summed E-state index contributed by atoms with van der Waals surface area (Å²) in [6.45, 7) is 5.37. The second kappa shape index (κ2) is 10.1. The largest absolute Gasteiger partial charge is 0.489 e. The van der Waals surface area contributed by atoms with Crippen molar-refractivity contribution in [3.8, 4) is 5.75 Å². The number of hydrogen-bond acceptors (Lipinski definition) is 7. The molecule has 9 nitrogen and oxygen atoms in total. The van der Waals surface area contributed by atoms with Crippen molar-refractivity contribution in [3.63, 3.8) is 0 Å². The SMILES string of the molecule is CN1CCN(CCCc2cc([N+](=O)[O-])ccc2OCc2ccc([N+](=O)[O-])cc2)CC1. The van der Waals surface area contributed by atoms with Gasteiger partial charge in [-0.05, 0) is 50.2 Å². The zero-order chi connectivity index (χ0) is 21.5. The molecule has 0 amide bonds. The lowest BCUT2D eigenvalue weighted by atomic mass is 10.1. The lowest BCUT2D eigenvalue weighted by Gasteiger charge is -2.32. The average molecular weight is 414 g/mol. The van der Waals surface area contributed by atoms with Gasteiger partial charge >= 0.3 is 0 Å². The van der Waals surface area contributed by atoms with Gasteiger partial charge in [-0.1, -0.05) is 0 Å². The van der Waals surface area contributed by atoms with Crippen LogP contribution in [-0.2, 0) is 13.0 Å². The minimum absolute atomic E-state index is 0.0266. The third kappa shape index (κ3) is 5.98.